The highest BCUT2D eigenvalue weighted by Gasteiger charge is 2.15. The number of carbonyl (C=O) groups is 2. The Labute approximate surface area is 118 Å². The molecule has 0 saturated carbocycles. The molecule has 5 heteroatoms. The molecule has 1 unspecified atom stereocenters. The second kappa shape index (κ2) is 6.41. The molecule has 2 rings (SSSR count). The molecule has 0 radical (unpaired) electrons. The molecule has 0 saturated heterocycles. The van der Waals surface area contributed by atoms with Gasteiger partial charge in [0.2, 0.25) is 5.91 Å². The van der Waals surface area contributed by atoms with E-state index in [1.165, 1.54) is 7.11 Å². The first-order valence-electron chi connectivity index (χ1n) is 6.69. The summed E-state index contributed by atoms with van der Waals surface area (Å²) in [5.74, 6) is 0.487. The van der Waals surface area contributed by atoms with Crippen molar-refractivity contribution in [3.8, 4) is 5.75 Å². The summed E-state index contributed by atoms with van der Waals surface area (Å²) in [4.78, 5) is 23.0. The third-order valence-corrected chi connectivity index (χ3v) is 3.23. The van der Waals surface area contributed by atoms with Crippen LogP contribution in [0.4, 0.5) is 0 Å². The molecule has 1 atom stereocenters. The summed E-state index contributed by atoms with van der Waals surface area (Å²) in [6.07, 6.45) is 1.38. The number of nitrogens with one attached hydrogen (secondary N) is 1. The van der Waals surface area contributed by atoms with Crippen LogP contribution < -0.4 is 10.1 Å². The van der Waals surface area contributed by atoms with E-state index < -0.39 is 0 Å². The summed E-state index contributed by atoms with van der Waals surface area (Å²) in [5.41, 5.74) is 2.11. The van der Waals surface area contributed by atoms with Crippen molar-refractivity contribution in [1.29, 1.82) is 0 Å². The quantitative estimate of drug-likeness (QED) is 0.822. The van der Waals surface area contributed by atoms with Gasteiger partial charge in [0.05, 0.1) is 26.6 Å². The minimum Gasteiger partial charge on any atom is -0.493 e. The van der Waals surface area contributed by atoms with E-state index in [2.05, 4.69) is 10.1 Å². The van der Waals surface area contributed by atoms with Gasteiger partial charge in [-0.2, -0.15) is 0 Å². The molecule has 1 heterocycles. The van der Waals surface area contributed by atoms with Crippen LogP contribution in [-0.4, -0.2) is 31.6 Å². The van der Waals surface area contributed by atoms with Crippen LogP contribution in [0.25, 0.3) is 0 Å². The molecule has 0 aliphatic carbocycles. The van der Waals surface area contributed by atoms with E-state index >= 15 is 0 Å². The monoisotopic (exact) mass is 277 g/mol. The van der Waals surface area contributed by atoms with Crippen molar-refractivity contribution in [3.63, 3.8) is 0 Å². The van der Waals surface area contributed by atoms with E-state index in [9.17, 15) is 9.59 Å². The molecule has 1 aliphatic rings. The van der Waals surface area contributed by atoms with Crippen LogP contribution in [0.15, 0.2) is 18.2 Å². The van der Waals surface area contributed by atoms with Crippen molar-refractivity contribution < 1.29 is 19.1 Å². The van der Waals surface area contributed by atoms with Crippen LogP contribution in [0.3, 0.4) is 0 Å². The van der Waals surface area contributed by atoms with Gasteiger partial charge in [-0.3, -0.25) is 9.59 Å². The van der Waals surface area contributed by atoms with Gasteiger partial charge in [-0.1, -0.05) is 12.1 Å². The third-order valence-electron chi connectivity index (χ3n) is 3.23. The maximum Gasteiger partial charge on any atom is 0.307 e. The van der Waals surface area contributed by atoms with E-state index in [1.807, 2.05) is 18.2 Å². The second-order valence-electron chi connectivity index (χ2n) is 4.97. The standard InChI is InChI=1S/C15H19NO4/c1-10(7-15(18)19-2)16-14(17)9-11-3-4-13-12(8-11)5-6-20-13/h3-4,8,10H,5-7,9H2,1-2H3,(H,16,17). The summed E-state index contributed by atoms with van der Waals surface area (Å²) in [6, 6.07) is 5.58. The summed E-state index contributed by atoms with van der Waals surface area (Å²) in [5, 5.41) is 2.79. The van der Waals surface area contributed by atoms with Crippen molar-refractivity contribution in [1.82, 2.24) is 5.32 Å². The molecule has 1 aliphatic heterocycles. The predicted molar refractivity (Wildman–Crippen MR) is 73.6 cm³/mol. The van der Waals surface area contributed by atoms with Gasteiger partial charge in [0, 0.05) is 12.5 Å². The van der Waals surface area contributed by atoms with E-state index in [1.54, 1.807) is 6.92 Å². The Hall–Kier alpha value is -2.04. The fourth-order valence-electron chi connectivity index (χ4n) is 2.25. The predicted octanol–water partition coefficient (Wildman–Crippen LogP) is 1.23. The molecule has 20 heavy (non-hydrogen) atoms. The van der Waals surface area contributed by atoms with Crippen LogP contribution >= 0.6 is 0 Å². The van der Waals surface area contributed by atoms with Crippen LogP contribution in [0, 0.1) is 0 Å². The molecule has 0 fully saturated rings. The highest BCUT2D eigenvalue weighted by molar-refractivity contribution is 5.80. The molecular weight excluding hydrogens is 258 g/mol. The summed E-state index contributed by atoms with van der Waals surface area (Å²) in [7, 11) is 1.34. The van der Waals surface area contributed by atoms with Crippen molar-refractivity contribution in [2.24, 2.45) is 0 Å². The molecule has 1 aromatic rings. The zero-order chi connectivity index (χ0) is 14.5. The first kappa shape index (κ1) is 14.4. The molecule has 0 bridgehead atoms. The van der Waals surface area contributed by atoms with E-state index in [-0.39, 0.29) is 24.3 Å². The van der Waals surface area contributed by atoms with Gasteiger partial charge >= 0.3 is 5.97 Å². The highest BCUT2D eigenvalue weighted by atomic mass is 16.5. The number of benzene rings is 1. The minimum absolute atomic E-state index is 0.0970. The number of esters is 1. The van der Waals surface area contributed by atoms with Gasteiger partial charge in [0.15, 0.2) is 0 Å². The van der Waals surface area contributed by atoms with Crippen molar-refractivity contribution in [2.75, 3.05) is 13.7 Å². The van der Waals surface area contributed by atoms with E-state index in [0.717, 1.165) is 23.3 Å². The lowest BCUT2D eigenvalue weighted by atomic mass is 10.1. The summed E-state index contributed by atoms with van der Waals surface area (Å²) >= 11 is 0. The molecule has 1 aromatic carbocycles. The Kier molecular flexibility index (Phi) is 4.61. The fraction of sp³-hybridized carbons (Fsp3) is 0.467. The Balaban J connectivity index is 1.86. The SMILES string of the molecule is COC(=O)CC(C)NC(=O)Cc1ccc2c(c1)CCO2. The number of hydrogen-bond acceptors (Lipinski definition) is 4. The smallest absolute Gasteiger partial charge is 0.307 e. The molecular formula is C15H19NO4. The summed E-state index contributed by atoms with van der Waals surface area (Å²) < 4.78 is 9.99. The summed E-state index contributed by atoms with van der Waals surface area (Å²) in [6.45, 7) is 2.49. The minimum atomic E-state index is -0.326. The number of fused-ring (bicyclic) bond motifs is 1. The van der Waals surface area contributed by atoms with Crippen LogP contribution in [-0.2, 0) is 27.2 Å². The van der Waals surface area contributed by atoms with Crippen molar-refractivity contribution >= 4 is 11.9 Å². The maximum absolute atomic E-state index is 11.9. The average molecular weight is 277 g/mol. The Bertz CT molecular complexity index is 513. The number of rotatable bonds is 5. The fourth-order valence-corrected chi connectivity index (χ4v) is 2.25. The first-order valence-corrected chi connectivity index (χ1v) is 6.69. The Morgan fingerprint density at radius 1 is 1.45 bits per heavy atom. The zero-order valence-electron chi connectivity index (χ0n) is 11.8. The van der Waals surface area contributed by atoms with E-state index in [0.29, 0.717) is 13.0 Å². The lowest BCUT2D eigenvalue weighted by Crippen LogP contribution is -2.35. The van der Waals surface area contributed by atoms with Gasteiger partial charge in [0.1, 0.15) is 5.75 Å². The van der Waals surface area contributed by atoms with Gasteiger partial charge in [-0.25, -0.2) is 0 Å². The second-order valence-corrected chi connectivity index (χ2v) is 4.97. The van der Waals surface area contributed by atoms with Crippen LogP contribution in [0.2, 0.25) is 0 Å². The van der Waals surface area contributed by atoms with Gasteiger partial charge in [-0.05, 0) is 24.1 Å². The zero-order valence-corrected chi connectivity index (χ0v) is 11.8. The largest absolute Gasteiger partial charge is 0.493 e. The number of methoxy groups -OCH3 is 1. The first-order chi connectivity index (χ1) is 9.58. The van der Waals surface area contributed by atoms with Crippen LogP contribution in [0.1, 0.15) is 24.5 Å². The van der Waals surface area contributed by atoms with Crippen molar-refractivity contribution in [2.45, 2.75) is 32.2 Å². The van der Waals surface area contributed by atoms with Crippen molar-refractivity contribution in [3.05, 3.63) is 29.3 Å². The lowest BCUT2D eigenvalue weighted by Gasteiger charge is -2.12. The maximum atomic E-state index is 11.9. The van der Waals surface area contributed by atoms with Crippen LogP contribution in [0.5, 0.6) is 5.75 Å². The molecule has 0 spiro atoms. The third kappa shape index (κ3) is 3.73. The molecule has 5 nitrogen and oxygen atoms in total. The van der Waals surface area contributed by atoms with E-state index in [4.69, 9.17) is 4.74 Å². The number of amides is 1. The van der Waals surface area contributed by atoms with Gasteiger partial charge < -0.3 is 14.8 Å². The Morgan fingerprint density at radius 3 is 3.00 bits per heavy atom. The molecule has 1 N–H and O–H groups in total. The number of carbonyl (C=O) groups excluding carboxylic acids is 2. The highest BCUT2D eigenvalue weighted by Crippen LogP contribution is 2.25. The molecule has 108 valence electrons. The number of hydrogen-bond donors (Lipinski definition) is 1. The van der Waals surface area contributed by atoms with Gasteiger partial charge in [0.25, 0.3) is 0 Å². The topological polar surface area (TPSA) is 64.6 Å². The molecule has 0 aromatic heterocycles. The Morgan fingerprint density at radius 2 is 2.25 bits per heavy atom. The number of ether oxygens (including phenoxy) is 2. The molecule has 1 amide bonds. The van der Waals surface area contributed by atoms with Gasteiger partial charge in [-0.15, -0.1) is 0 Å². The normalized spacial score (nSPS) is 14.1. The lowest BCUT2D eigenvalue weighted by molar-refractivity contribution is -0.141. The average Bonchev–Trinajstić information content (AvgIpc) is 2.85.